The molecule has 1 aliphatic carbocycles. The van der Waals surface area contributed by atoms with Crippen LogP contribution in [0.5, 0.6) is 0 Å². The van der Waals surface area contributed by atoms with Gasteiger partial charge in [-0.1, -0.05) is 0 Å². The van der Waals surface area contributed by atoms with E-state index in [2.05, 4.69) is 14.3 Å². The van der Waals surface area contributed by atoms with E-state index in [1.165, 1.54) is 11.5 Å². The number of nitrogens with zero attached hydrogens (tertiary/aromatic N) is 4. The van der Waals surface area contributed by atoms with E-state index < -0.39 is 0 Å². The first-order valence-electron chi connectivity index (χ1n) is 7.13. The molecule has 20 heavy (non-hydrogen) atoms. The summed E-state index contributed by atoms with van der Waals surface area (Å²) in [6.45, 7) is 3.91. The lowest BCUT2D eigenvalue weighted by Gasteiger charge is -2.21. The van der Waals surface area contributed by atoms with Crippen molar-refractivity contribution in [3.63, 3.8) is 0 Å². The molecule has 2 heterocycles. The molecule has 7 heteroatoms. The zero-order chi connectivity index (χ0) is 13.9. The van der Waals surface area contributed by atoms with Crippen molar-refractivity contribution in [1.29, 1.82) is 0 Å². The monoisotopic (exact) mass is 296 g/mol. The second kappa shape index (κ2) is 6.05. The average Bonchev–Trinajstić information content (AvgIpc) is 3.24. The van der Waals surface area contributed by atoms with Gasteiger partial charge in [-0.2, -0.15) is 4.37 Å². The van der Waals surface area contributed by atoms with Crippen molar-refractivity contribution in [2.24, 2.45) is 5.92 Å². The van der Waals surface area contributed by atoms with E-state index in [9.17, 15) is 4.79 Å². The average molecular weight is 296 g/mol. The molecule has 2 aliphatic rings. The van der Waals surface area contributed by atoms with Crippen molar-refractivity contribution < 1.29 is 9.53 Å². The molecular formula is C13H20N4O2S. The van der Waals surface area contributed by atoms with Gasteiger partial charge in [-0.05, 0) is 19.3 Å². The number of rotatable bonds is 4. The zero-order valence-corrected chi connectivity index (χ0v) is 12.6. The highest BCUT2D eigenvalue weighted by Crippen LogP contribution is 2.31. The lowest BCUT2D eigenvalue weighted by molar-refractivity contribution is -0.132. The van der Waals surface area contributed by atoms with Crippen LogP contribution in [0.1, 0.15) is 25.1 Å². The van der Waals surface area contributed by atoms with E-state index in [0.29, 0.717) is 18.4 Å². The normalized spacial score (nSPS) is 20.1. The third-order valence-corrected chi connectivity index (χ3v) is 4.55. The Kier molecular flexibility index (Phi) is 4.16. The van der Waals surface area contributed by atoms with E-state index >= 15 is 0 Å². The largest absolute Gasteiger partial charge is 0.377 e. The zero-order valence-electron chi connectivity index (χ0n) is 11.7. The summed E-state index contributed by atoms with van der Waals surface area (Å²) in [5.74, 6) is 1.41. The number of methoxy groups -OCH3 is 1. The SMILES string of the molecule is COCc1nsc(N2CCCN(C(=O)C3CC3)CC2)n1. The Bertz CT molecular complexity index is 475. The molecule has 2 fully saturated rings. The molecule has 0 aromatic carbocycles. The summed E-state index contributed by atoms with van der Waals surface area (Å²) in [7, 11) is 1.65. The van der Waals surface area contributed by atoms with Crippen molar-refractivity contribution in [2.45, 2.75) is 25.9 Å². The summed E-state index contributed by atoms with van der Waals surface area (Å²) in [5, 5.41) is 0.942. The third-order valence-electron chi connectivity index (χ3n) is 3.74. The molecular weight excluding hydrogens is 276 g/mol. The molecule has 1 saturated carbocycles. The Morgan fingerprint density at radius 2 is 2.20 bits per heavy atom. The van der Waals surface area contributed by atoms with E-state index in [1.54, 1.807) is 7.11 Å². The van der Waals surface area contributed by atoms with Crippen LogP contribution in [0.3, 0.4) is 0 Å². The lowest BCUT2D eigenvalue weighted by atomic mass is 10.3. The molecule has 0 atom stereocenters. The van der Waals surface area contributed by atoms with Gasteiger partial charge in [0.15, 0.2) is 5.82 Å². The van der Waals surface area contributed by atoms with Crippen LogP contribution in [0.25, 0.3) is 0 Å². The van der Waals surface area contributed by atoms with Gasteiger partial charge in [0.05, 0.1) is 0 Å². The molecule has 0 spiro atoms. The fourth-order valence-electron chi connectivity index (χ4n) is 2.48. The Labute approximate surface area is 122 Å². The lowest BCUT2D eigenvalue weighted by Crippen LogP contribution is -2.36. The van der Waals surface area contributed by atoms with Gasteiger partial charge in [-0.25, -0.2) is 4.98 Å². The van der Waals surface area contributed by atoms with Crippen LogP contribution in [0, 0.1) is 5.92 Å². The number of carbonyl (C=O) groups is 1. The molecule has 1 amide bonds. The fourth-order valence-corrected chi connectivity index (χ4v) is 3.20. The molecule has 6 nitrogen and oxygen atoms in total. The molecule has 1 aliphatic heterocycles. The highest BCUT2D eigenvalue weighted by molar-refractivity contribution is 7.09. The predicted octanol–water partition coefficient (Wildman–Crippen LogP) is 1.13. The third kappa shape index (κ3) is 3.09. The molecule has 1 aromatic rings. The number of hydrogen-bond acceptors (Lipinski definition) is 6. The van der Waals surface area contributed by atoms with Gasteiger partial charge in [-0.3, -0.25) is 4.79 Å². The molecule has 110 valence electrons. The van der Waals surface area contributed by atoms with Crippen molar-refractivity contribution in [3.8, 4) is 0 Å². The van der Waals surface area contributed by atoms with Gasteiger partial charge < -0.3 is 14.5 Å². The quantitative estimate of drug-likeness (QED) is 0.834. The summed E-state index contributed by atoms with van der Waals surface area (Å²) < 4.78 is 9.33. The molecule has 0 N–H and O–H groups in total. The molecule has 0 bridgehead atoms. The number of ether oxygens (including phenoxy) is 1. The van der Waals surface area contributed by atoms with Crippen LogP contribution in [0.4, 0.5) is 5.13 Å². The highest BCUT2D eigenvalue weighted by Gasteiger charge is 2.34. The standard InChI is InChI=1S/C13H20N4O2S/c1-19-9-11-14-13(20-15-11)17-6-2-5-16(7-8-17)12(18)10-3-4-10/h10H,2-9H2,1H3. The minimum atomic E-state index is 0.316. The van der Waals surface area contributed by atoms with Gasteiger partial charge in [-0.15, -0.1) is 0 Å². The first-order chi connectivity index (χ1) is 9.78. The molecule has 0 unspecified atom stereocenters. The minimum absolute atomic E-state index is 0.316. The van der Waals surface area contributed by atoms with E-state index in [-0.39, 0.29) is 0 Å². The highest BCUT2D eigenvalue weighted by atomic mass is 32.1. The number of anilines is 1. The van der Waals surface area contributed by atoms with Gasteiger partial charge in [0.1, 0.15) is 6.61 Å². The predicted molar refractivity (Wildman–Crippen MR) is 76.8 cm³/mol. The molecule has 1 saturated heterocycles. The van der Waals surface area contributed by atoms with Crippen molar-refractivity contribution in [2.75, 3.05) is 38.2 Å². The topological polar surface area (TPSA) is 58.6 Å². The maximum atomic E-state index is 12.1. The molecule has 0 radical (unpaired) electrons. The van der Waals surface area contributed by atoms with Gasteiger partial charge in [0.25, 0.3) is 0 Å². The maximum absolute atomic E-state index is 12.1. The van der Waals surface area contributed by atoms with E-state index in [4.69, 9.17) is 4.74 Å². The Balaban J connectivity index is 1.59. The maximum Gasteiger partial charge on any atom is 0.225 e. The van der Waals surface area contributed by atoms with Crippen molar-refractivity contribution in [3.05, 3.63) is 5.82 Å². The number of amides is 1. The summed E-state index contributed by atoms with van der Waals surface area (Å²) in [4.78, 5) is 20.9. The van der Waals surface area contributed by atoms with Crippen LogP contribution < -0.4 is 4.90 Å². The Morgan fingerprint density at radius 3 is 2.95 bits per heavy atom. The Hall–Kier alpha value is -1.21. The first-order valence-corrected chi connectivity index (χ1v) is 7.90. The van der Waals surface area contributed by atoms with E-state index in [1.807, 2.05) is 4.90 Å². The summed E-state index contributed by atoms with van der Waals surface area (Å²) in [6.07, 6.45) is 3.16. The van der Waals surface area contributed by atoms with Crippen LogP contribution in [-0.2, 0) is 16.1 Å². The smallest absolute Gasteiger partial charge is 0.225 e. The Morgan fingerprint density at radius 1 is 1.35 bits per heavy atom. The van der Waals surface area contributed by atoms with Crippen LogP contribution in [0.2, 0.25) is 0 Å². The van der Waals surface area contributed by atoms with Gasteiger partial charge >= 0.3 is 0 Å². The van der Waals surface area contributed by atoms with Crippen molar-refractivity contribution in [1.82, 2.24) is 14.3 Å². The summed E-state index contributed by atoms with van der Waals surface area (Å²) >= 11 is 1.41. The molecule has 1 aromatic heterocycles. The molecule has 3 rings (SSSR count). The van der Waals surface area contributed by atoms with Crippen LogP contribution >= 0.6 is 11.5 Å². The second-order valence-electron chi connectivity index (χ2n) is 5.37. The van der Waals surface area contributed by atoms with Crippen molar-refractivity contribution >= 4 is 22.6 Å². The van der Waals surface area contributed by atoms with Crippen LogP contribution in [0.15, 0.2) is 0 Å². The number of hydrogen-bond donors (Lipinski definition) is 0. The summed E-state index contributed by atoms with van der Waals surface area (Å²) in [5.41, 5.74) is 0. The number of aromatic nitrogens is 2. The van der Waals surface area contributed by atoms with Gasteiger partial charge in [0.2, 0.25) is 11.0 Å². The van der Waals surface area contributed by atoms with E-state index in [0.717, 1.165) is 56.4 Å². The van der Waals surface area contributed by atoms with Gasteiger partial charge in [0, 0.05) is 50.7 Å². The second-order valence-corrected chi connectivity index (χ2v) is 6.10. The minimum Gasteiger partial charge on any atom is -0.377 e. The number of carbonyl (C=O) groups excluding carboxylic acids is 1. The first kappa shape index (κ1) is 13.8. The summed E-state index contributed by atoms with van der Waals surface area (Å²) in [6, 6.07) is 0. The van der Waals surface area contributed by atoms with Crippen LogP contribution in [-0.4, -0.2) is 53.5 Å². The fraction of sp³-hybridized carbons (Fsp3) is 0.769.